The van der Waals surface area contributed by atoms with Crippen LogP contribution in [-0.2, 0) is 11.2 Å². The Bertz CT molecular complexity index is 958. The van der Waals surface area contributed by atoms with Crippen LogP contribution in [0.15, 0.2) is 59.1 Å². The first-order chi connectivity index (χ1) is 13.9. The van der Waals surface area contributed by atoms with Gasteiger partial charge in [-0.3, -0.25) is 4.79 Å². The lowest BCUT2D eigenvalue weighted by molar-refractivity contribution is -0.121. The highest BCUT2D eigenvalue weighted by molar-refractivity contribution is 5.76. The van der Waals surface area contributed by atoms with E-state index in [-0.39, 0.29) is 36.1 Å². The zero-order valence-corrected chi connectivity index (χ0v) is 16.4. The highest BCUT2D eigenvalue weighted by Crippen LogP contribution is 2.24. The molecule has 7 heteroatoms. The number of oxazole rings is 1. The lowest BCUT2D eigenvalue weighted by atomic mass is 10.1. The molecule has 2 aromatic carbocycles. The van der Waals surface area contributed by atoms with Gasteiger partial charge in [-0.05, 0) is 31.8 Å². The predicted octanol–water partition coefficient (Wildman–Crippen LogP) is 3.97. The molecule has 0 aliphatic rings. The molecule has 1 heterocycles. The van der Waals surface area contributed by atoms with E-state index in [0.29, 0.717) is 12.4 Å². The zero-order chi connectivity index (χ0) is 20.8. The van der Waals surface area contributed by atoms with E-state index in [1.54, 1.807) is 0 Å². The molecule has 0 spiro atoms. The van der Waals surface area contributed by atoms with Gasteiger partial charge in [-0.25, -0.2) is 13.8 Å². The van der Waals surface area contributed by atoms with Gasteiger partial charge >= 0.3 is 0 Å². The fourth-order valence-corrected chi connectivity index (χ4v) is 3.03. The van der Waals surface area contributed by atoms with Crippen LogP contribution in [0.2, 0.25) is 0 Å². The van der Waals surface area contributed by atoms with Crippen molar-refractivity contribution in [1.29, 1.82) is 0 Å². The van der Waals surface area contributed by atoms with Crippen molar-refractivity contribution >= 4 is 5.91 Å². The molecule has 152 valence electrons. The Morgan fingerprint density at radius 2 is 1.93 bits per heavy atom. The third-order valence-corrected chi connectivity index (χ3v) is 4.62. The summed E-state index contributed by atoms with van der Waals surface area (Å²) in [6.07, 6.45) is 1.86. The molecule has 1 unspecified atom stereocenters. The maximum Gasteiger partial charge on any atom is 0.220 e. The minimum absolute atomic E-state index is 0.0648. The smallest absolute Gasteiger partial charge is 0.220 e. The number of likely N-dealkylation sites (N-methyl/N-ethyl adjacent to an activating group) is 1. The van der Waals surface area contributed by atoms with Crippen LogP contribution in [0.1, 0.15) is 23.9 Å². The van der Waals surface area contributed by atoms with Crippen LogP contribution in [-0.4, -0.2) is 36.4 Å². The molecule has 29 heavy (non-hydrogen) atoms. The SMILES string of the molecule is CN(C)C(CNC(=O)CCc1ncc(-c2ccc(F)cc2F)o1)c1ccccc1. The van der Waals surface area contributed by atoms with Crippen LogP contribution in [0.5, 0.6) is 0 Å². The van der Waals surface area contributed by atoms with Crippen LogP contribution < -0.4 is 5.32 Å². The van der Waals surface area contributed by atoms with E-state index in [2.05, 4.69) is 10.3 Å². The van der Waals surface area contributed by atoms with Crippen LogP contribution >= 0.6 is 0 Å². The van der Waals surface area contributed by atoms with Gasteiger partial charge in [-0.2, -0.15) is 0 Å². The third-order valence-electron chi connectivity index (χ3n) is 4.62. The summed E-state index contributed by atoms with van der Waals surface area (Å²) in [5, 5.41) is 2.93. The minimum Gasteiger partial charge on any atom is -0.441 e. The van der Waals surface area contributed by atoms with Gasteiger partial charge in [0.25, 0.3) is 0 Å². The summed E-state index contributed by atoms with van der Waals surface area (Å²) in [6.45, 7) is 0.480. The molecule has 1 N–H and O–H groups in total. The number of rotatable bonds is 8. The molecule has 0 saturated heterocycles. The van der Waals surface area contributed by atoms with Crippen molar-refractivity contribution in [3.8, 4) is 11.3 Å². The predicted molar refractivity (Wildman–Crippen MR) is 106 cm³/mol. The van der Waals surface area contributed by atoms with E-state index < -0.39 is 11.6 Å². The van der Waals surface area contributed by atoms with Crippen molar-refractivity contribution in [3.63, 3.8) is 0 Å². The van der Waals surface area contributed by atoms with Crippen LogP contribution in [0, 0.1) is 11.6 Å². The van der Waals surface area contributed by atoms with Crippen molar-refractivity contribution < 1.29 is 18.0 Å². The summed E-state index contributed by atoms with van der Waals surface area (Å²) < 4.78 is 32.4. The fourth-order valence-electron chi connectivity index (χ4n) is 3.03. The Morgan fingerprint density at radius 1 is 1.17 bits per heavy atom. The molecule has 0 aliphatic heterocycles. The maximum absolute atomic E-state index is 13.8. The van der Waals surface area contributed by atoms with Crippen molar-refractivity contribution in [3.05, 3.63) is 77.8 Å². The van der Waals surface area contributed by atoms with Gasteiger partial charge in [-0.15, -0.1) is 0 Å². The second-order valence-corrected chi connectivity index (χ2v) is 6.94. The molecule has 5 nitrogen and oxygen atoms in total. The van der Waals surface area contributed by atoms with E-state index in [4.69, 9.17) is 4.42 Å². The Morgan fingerprint density at radius 3 is 2.62 bits per heavy atom. The van der Waals surface area contributed by atoms with Gasteiger partial charge in [0.05, 0.1) is 17.8 Å². The molecule has 0 fully saturated rings. The van der Waals surface area contributed by atoms with Crippen LogP contribution in [0.25, 0.3) is 11.3 Å². The summed E-state index contributed by atoms with van der Waals surface area (Å²) >= 11 is 0. The Labute approximate surface area is 168 Å². The highest BCUT2D eigenvalue weighted by Gasteiger charge is 2.16. The number of carbonyl (C=O) groups excluding carboxylic acids is 1. The minimum atomic E-state index is -0.721. The van der Waals surface area contributed by atoms with Crippen molar-refractivity contribution in [2.24, 2.45) is 0 Å². The number of hydrogen-bond donors (Lipinski definition) is 1. The average Bonchev–Trinajstić information content (AvgIpc) is 3.16. The topological polar surface area (TPSA) is 58.4 Å². The van der Waals surface area contributed by atoms with E-state index >= 15 is 0 Å². The maximum atomic E-state index is 13.8. The first-order valence-corrected chi connectivity index (χ1v) is 9.32. The zero-order valence-electron chi connectivity index (χ0n) is 16.4. The molecule has 3 rings (SSSR count). The number of carbonyl (C=O) groups is 1. The number of aryl methyl sites for hydroxylation is 1. The number of benzene rings is 2. The molecule has 0 aliphatic carbocycles. The fraction of sp³-hybridized carbons (Fsp3) is 0.273. The molecule has 0 radical (unpaired) electrons. The van der Waals surface area contributed by atoms with E-state index in [1.807, 2.05) is 49.3 Å². The van der Waals surface area contributed by atoms with Gasteiger partial charge in [0.2, 0.25) is 5.91 Å². The number of halogens is 2. The quantitative estimate of drug-likeness (QED) is 0.623. The molecule has 3 aromatic rings. The largest absolute Gasteiger partial charge is 0.441 e. The van der Waals surface area contributed by atoms with Gasteiger partial charge < -0.3 is 14.6 Å². The normalized spacial score (nSPS) is 12.2. The monoisotopic (exact) mass is 399 g/mol. The molecule has 0 saturated carbocycles. The van der Waals surface area contributed by atoms with Crippen molar-refractivity contribution in [2.75, 3.05) is 20.6 Å². The number of nitrogens with one attached hydrogen (secondary N) is 1. The van der Waals surface area contributed by atoms with Crippen LogP contribution in [0.4, 0.5) is 8.78 Å². The van der Waals surface area contributed by atoms with Crippen molar-refractivity contribution in [1.82, 2.24) is 15.2 Å². The molecular formula is C22H23F2N3O2. The third kappa shape index (κ3) is 5.48. The number of hydrogen-bond acceptors (Lipinski definition) is 4. The van der Waals surface area contributed by atoms with E-state index in [1.165, 1.54) is 12.3 Å². The standard InChI is InChI=1S/C22H23F2N3O2/c1-27(2)19(15-6-4-3-5-7-15)13-25-21(28)10-11-22-26-14-20(29-22)17-9-8-16(23)12-18(17)24/h3-9,12,14,19H,10-11,13H2,1-2H3,(H,25,28). The number of amides is 1. The van der Waals surface area contributed by atoms with Gasteiger partial charge in [0, 0.05) is 25.5 Å². The molecular weight excluding hydrogens is 376 g/mol. The second-order valence-electron chi connectivity index (χ2n) is 6.94. The first kappa shape index (κ1) is 20.7. The van der Waals surface area contributed by atoms with E-state index in [0.717, 1.165) is 17.7 Å². The second kappa shape index (κ2) is 9.43. The van der Waals surface area contributed by atoms with E-state index in [9.17, 15) is 13.6 Å². The van der Waals surface area contributed by atoms with Crippen LogP contribution in [0.3, 0.4) is 0 Å². The summed E-state index contributed by atoms with van der Waals surface area (Å²) in [7, 11) is 3.93. The summed E-state index contributed by atoms with van der Waals surface area (Å²) in [6, 6.07) is 13.3. The summed E-state index contributed by atoms with van der Waals surface area (Å²) in [5.74, 6) is -0.975. The first-order valence-electron chi connectivity index (χ1n) is 9.32. The van der Waals surface area contributed by atoms with Crippen molar-refractivity contribution in [2.45, 2.75) is 18.9 Å². The Kier molecular flexibility index (Phi) is 6.72. The Balaban J connectivity index is 1.54. The Hall–Kier alpha value is -3.06. The molecule has 1 atom stereocenters. The summed E-state index contributed by atoms with van der Waals surface area (Å²) in [4.78, 5) is 18.4. The van der Waals surface area contributed by atoms with Gasteiger partial charge in [0.15, 0.2) is 11.7 Å². The highest BCUT2D eigenvalue weighted by atomic mass is 19.1. The number of aromatic nitrogens is 1. The average molecular weight is 399 g/mol. The van der Waals surface area contributed by atoms with Gasteiger partial charge in [0.1, 0.15) is 11.6 Å². The molecule has 0 bridgehead atoms. The summed E-state index contributed by atoms with van der Waals surface area (Å²) in [5.41, 5.74) is 1.25. The lowest BCUT2D eigenvalue weighted by Gasteiger charge is -2.25. The lowest BCUT2D eigenvalue weighted by Crippen LogP contribution is -2.34. The molecule has 1 aromatic heterocycles. The van der Waals surface area contributed by atoms with Gasteiger partial charge in [-0.1, -0.05) is 30.3 Å². The number of nitrogens with zero attached hydrogens (tertiary/aromatic N) is 2. The molecule has 1 amide bonds.